The monoisotopic (exact) mass is 975 g/mol. The quantitative estimate of drug-likeness (QED) is 0.155. The van der Waals surface area contributed by atoms with Crippen LogP contribution in [0.4, 0.5) is 45.5 Å². The Morgan fingerprint density at radius 3 is 1.73 bits per heavy atom. The Labute approximate surface area is 445 Å². The first-order valence-corrected chi connectivity index (χ1v) is 27.3. The summed E-state index contributed by atoms with van der Waals surface area (Å²) in [4.78, 5) is 12.3. The molecule has 370 valence electrons. The van der Waals surface area contributed by atoms with Gasteiger partial charge in [-0.15, -0.1) is 0 Å². The first-order chi connectivity index (χ1) is 36.1. The lowest BCUT2D eigenvalue weighted by atomic mass is 9.33. The molecule has 0 radical (unpaired) electrons. The van der Waals surface area contributed by atoms with Crippen molar-refractivity contribution < 1.29 is 0 Å². The number of anilines is 8. The van der Waals surface area contributed by atoms with Crippen molar-refractivity contribution in [3.05, 3.63) is 217 Å². The predicted octanol–water partition coefficient (Wildman–Crippen LogP) is 16.8. The van der Waals surface area contributed by atoms with Crippen molar-refractivity contribution in [1.29, 1.82) is 0 Å². The summed E-state index contributed by atoms with van der Waals surface area (Å²) in [5, 5.41) is 0. The van der Waals surface area contributed by atoms with E-state index in [0.29, 0.717) is 0 Å². The molecule has 1 saturated carbocycles. The summed E-state index contributed by atoms with van der Waals surface area (Å²) < 4.78 is 0. The molecule has 4 nitrogen and oxygen atoms in total. The molecule has 8 aromatic carbocycles. The molecule has 2 unspecified atom stereocenters. The SMILES string of the molecule is Cc1cc2c3c(c1)N(c1ccc(C(C)(C)C)cc1-c1ccccc1)c1ccc(-c4ccccc4)cc1B3c1ccc(N3c4ccc(-c5ccncc5)cc4C4(C)CCCCC34C)cc1N2c1ccc(C(C)(C)C)cc1. The molecule has 13 rings (SSSR count). The number of hydrogen-bond donors (Lipinski definition) is 0. The number of hydrogen-bond acceptors (Lipinski definition) is 4. The molecule has 3 aliphatic heterocycles. The summed E-state index contributed by atoms with van der Waals surface area (Å²) >= 11 is 0. The van der Waals surface area contributed by atoms with Crippen molar-refractivity contribution in [2.45, 2.75) is 110 Å². The first kappa shape index (κ1) is 47.1. The summed E-state index contributed by atoms with van der Waals surface area (Å²) in [7, 11) is 0. The second-order valence-corrected chi connectivity index (χ2v) is 24.5. The normalized spacial score (nSPS) is 18.5. The highest BCUT2D eigenvalue weighted by Gasteiger charge is 2.58. The number of benzene rings is 8. The molecule has 0 saturated heterocycles. The molecular formula is C70H67BN4. The molecule has 2 atom stereocenters. The lowest BCUT2D eigenvalue weighted by Gasteiger charge is -2.50. The third-order valence-electron chi connectivity index (χ3n) is 17.9. The average molecular weight is 975 g/mol. The van der Waals surface area contributed by atoms with Gasteiger partial charge in [-0.2, -0.15) is 0 Å². The zero-order valence-corrected chi connectivity index (χ0v) is 45.2. The van der Waals surface area contributed by atoms with Crippen molar-refractivity contribution >= 4 is 68.6 Å². The van der Waals surface area contributed by atoms with Crippen LogP contribution in [0, 0.1) is 6.92 Å². The summed E-state index contributed by atoms with van der Waals surface area (Å²) in [6.07, 6.45) is 8.55. The van der Waals surface area contributed by atoms with E-state index in [-0.39, 0.29) is 28.5 Å². The lowest BCUT2D eigenvalue weighted by Crippen LogP contribution is -2.61. The second kappa shape index (κ2) is 17.2. The van der Waals surface area contributed by atoms with Crippen molar-refractivity contribution in [2.75, 3.05) is 14.7 Å². The van der Waals surface area contributed by atoms with Crippen LogP contribution >= 0.6 is 0 Å². The number of pyridine rings is 1. The Bertz CT molecular complexity index is 3690. The highest BCUT2D eigenvalue weighted by atomic mass is 15.3. The van der Waals surface area contributed by atoms with Crippen LogP contribution < -0.4 is 31.1 Å². The fraction of sp³-hybridized carbons (Fsp3) is 0.243. The van der Waals surface area contributed by atoms with Gasteiger partial charge in [0, 0.05) is 63.2 Å². The fourth-order valence-corrected chi connectivity index (χ4v) is 13.6. The Kier molecular flexibility index (Phi) is 10.8. The Morgan fingerprint density at radius 1 is 0.453 bits per heavy atom. The highest BCUT2D eigenvalue weighted by molar-refractivity contribution is 7.00. The van der Waals surface area contributed by atoms with Gasteiger partial charge in [-0.3, -0.25) is 4.98 Å². The van der Waals surface area contributed by atoms with Gasteiger partial charge in [0.05, 0.1) is 11.2 Å². The number of aryl methyl sites for hydroxylation is 1. The van der Waals surface area contributed by atoms with Crippen molar-refractivity contribution in [2.24, 2.45) is 0 Å². The van der Waals surface area contributed by atoms with Gasteiger partial charge in [0.25, 0.3) is 6.71 Å². The zero-order valence-electron chi connectivity index (χ0n) is 45.2. The molecule has 1 aliphatic carbocycles. The molecule has 9 aromatic rings. The van der Waals surface area contributed by atoms with Gasteiger partial charge in [0.2, 0.25) is 0 Å². The van der Waals surface area contributed by atoms with E-state index in [0.717, 1.165) is 12.8 Å². The minimum Gasteiger partial charge on any atom is -0.334 e. The molecule has 75 heavy (non-hydrogen) atoms. The molecular weight excluding hydrogens is 908 g/mol. The topological polar surface area (TPSA) is 22.6 Å². The summed E-state index contributed by atoms with van der Waals surface area (Å²) in [5.74, 6) is 0. The first-order valence-electron chi connectivity index (χ1n) is 27.3. The van der Waals surface area contributed by atoms with Crippen LogP contribution in [0.2, 0.25) is 0 Å². The molecule has 1 fully saturated rings. The van der Waals surface area contributed by atoms with Crippen LogP contribution in [0.3, 0.4) is 0 Å². The van der Waals surface area contributed by atoms with Gasteiger partial charge < -0.3 is 14.7 Å². The minimum absolute atomic E-state index is 0.0152. The van der Waals surface area contributed by atoms with Gasteiger partial charge in [-0.05, 0) is 183 Å². The maximum absolute atomic E-state index is 4.36. The molecule has 0 spiro atoms. The van der Waals surface area contributed by atoms with Crippen LogP contribution in [-0.4, -0.2) is 17.2 Å². The Hall–Kier alpha value is -7.63. The van der Waals surface area contributed by atoms with Crippen LogP contribution in [0.5, 0.6) is 0 Å². The van der Waals surface area contributed by atoms with Gasteiger partial charge in [0.1, 0.15) is 0 Å². The Balaban J connectivity index is 1.08. The van der Waals surface area contributed by atoms with Crippen molar-refractivity contribution in [3.8, 4) is 33.4 Å². The average Bonchev–Trinajstić information content (AvgIpc) is 3.63. The third-order valence-corrected chi connectivity index (χ3v) is 17.9. The van der Waals surface area contributed by atoms with Gasteiger partial charge in [-0.1, -0.05) is 164 Å². The number of fused-ring (bicyclic) bond motifs is 7. The van der Waals surface area contributed by atoms with E-state index in [9.17, 15) is 0 Å². The van der Waals surface area contributed by atoms with Crippen LogP contribution in [-0.2, 0) is 16.2 Å². The number of aromatic nitrogens is 1. The molecule has 0 amide bonds. The molecule has 5 heteroatoms. The Morgan fingerprint density at radius 2 is 1.04 bits per heavy atom. The van der Waals surface area contributed by atoms with E-state index in [4.69, 9.17) is 0 Å². The van der Waals surface area contributed by atoms with Crippen LogP contribution in [0.15, 0.2) is 194 Å². The second-order valence-electron chi connectivity index (χ2n) is 24.5. The molecule has 0 bridgehead atoms. The summed E-state index contributed by atoms with van der Waals surface area (Å²) in [5.41, 5.74) is 26.3. The third kappa shape index (κ3) is 7.43. The van der Waals surface area contributed by atoms with Gasteiger partial charge in [-0.25, -0.2) is 0 Å². The van der Waals surface area contributed by atoms with E-state index >= 15 is 0 Å². The van der Waals surface area contributed by atoms with Crippen LogP contribution in [0.25, 0.3) is 33.4 Å². The lowest BCUT2D eigenvalue weighted by molar-refractivity contribution is 0.195. The number of rotatable bonds is 6. The van der Waals surface area contributed by atoms with Crippen molar-refractivity contribution in [3.63, 3.8) is 0 Å². The maximum Gasteiger partial charge on any atom is 0.252 e. The minimum atomic E-state index is -0.129. The van der Waals surface area contributed by atoms with E-state index < -0.39 is 0 Å². The predicted molar refractivity (Wildman–Crippen MR) is 320 cm³/mol. The van der Waals surface area contributed by atoms with E-state index in [1.807, 2.05) is 12.4 Å². The van der Waals surface area contributed by atoms with Gasteiger partial charge >= 0.3 is 0 Å². The number of nitrogens with zero attached hydrogens (tertiary/aromatic N) is 4. The van der Waals surface area contributed by atoms with Crippen LogP contribution in [0.1, 0.15) is 103 Å². The maximum atomic E-state index is 4.36. The van der Waals surface area contributed by atoms with E-state index in [2.05, 4.69) is 264 Å². The highest BCUT2D eigenvalue weighted by Crippen LogP contribution is 2.62. The smallest absolute Gasteiger partial charge is 0.252 e. The molecule has 0 N–H and O–H groups in total. The molecule has 4 aliphatic rings. The van der Waals surface area contributed by atoms with Crippen molar-refractivity contribution in [1.82, 2.24) is 4.98 Å². The largest absolute Gasteiger partial charge is 0.334 e. The molecule has 1 aromatic heterocycles. The standard InChI is InChI=1S/C70H67BN4/c1-46-40-64-66-65(41-46)74(60-33-26-53(68(5,6)7)44-56(60)49-20-14-11-15-21-49)62-32-23-51(47-18-12-10-13-19-47)43-59(62)71(66)58-30-29-55(45-63(58)73(64)54-27-24-52(25-28-54)67(2,3)4)75-61-31-22-50(48-34-38-72-39-35-48)42-57(61)69(8)36-16-17-37-70(69,75)9/h10-15,18-35,38-45H,16-17,36-37H2,1-9H3. The zero-order chi connectivity index (χ0) is 51.6. The summed E-state index contributed by atoms with van der Waals surface area (Å²) in [6.45, 7) is 21.3. The van der Waals surface area contributed by atoms with E-state index in [1.165, 1.54) is 130 Å². The summed E-state index contributed by atoms with van der Waals surface area (Å²) in [6, 6.07) is 69.9. The fourth-order valence-electron chi connectivity index (χ4n) is 13.6. The van der Waals surface area contributed by atoms with Gasteiger partial charge in [0.15, 0.2) is 0 Å². The molecule has 4 heterocycles. The van der Waals surface area contributed by atoms with E-state index in [1.54, 1.807) is 0 Å².